The molecule has 0 aromatic heterocycles. The molecule has 6 heteroatoms. The van der Waals surface area contributed by atoms with Crippen molar-refractivity contribution in [3.8, 4) is 0 Å². The van der Waals surface area contributed by atoms with Gasteiger partial charge < -0.3 is 15.3 Å². The highest BCUT2D eigenvalue weighted by atomic mass is 16.5. The quantitative estimate of drug-likeness (QED) is 0.379. The Morgan fingerprint density at radius 1 is 1.05 bits per heavy atom. The van der Waals surface area contributed by atoms with E-state index in [1.807, 2.05) is 12.2 Å². The van der Waals surface area contributed by atoms with Gasteiger partial charge in [-0.05, 0) is 86.0 Å². The molecule has 6 nitrogen and oxygen atoms in total. The second-order valence-electron chi connectivity index (χ2n) is 14.4. The summed E-state index contributed by atoms with van der Waals surface area (Å²) < 4.78 is 5.39. The summed E-state index contributed by atoms with van der Waals surface area (Å²) in [7, 11) is 1.47. The van der Waals surface area contributed by atoms with E-state index in [-0.39, 0.29) is 57.2 Å². The predicted molar refractivity (Wildman–Crippen MR) is 141 cm³/mol. The maximum atomic E-state index is 14.3. The zero-order valence-corrected chi connectivity index (χ0v) is 23.5. The summed E-state index contributed by atoms with van der Waals surface area (Å²) in [5, 5.41) is 0. The van der Waals surface area contributed by atoms with Crippen molar-refractivity contribution in [2.75, 3.05) is 7.11 Å². The van der Waals surface area contributed by atoms with Gasteiger partial charge in [0, 0.05) is 11.3 Å². The molecule has 0 bridgehead atoms. The summed E-state index contributed by atoms with van der Waals surface area (Å²) in [4.78, 5) is 44.3. The lowest BCUT2D eigenvalue weighted by Crippen LogP contribution is -2.68. The van der Waals surface area contributed by atoms with Crippen molar-refractivity contribution < 1.29 is 19.1 Å². The van der Waals surface area contributed by atoms with Gasteiger partial charge in [-0.2, -0.15) is 0 Å². The summed E-state index contributed by atoms with van der Waals surface area (Å²) in [5.74, 6) is -0.902. The van der Waals surface area contributed by atoms with Gasteiger partial charge in [-0.15, -0.1) is 0 Å². The molecule has 5 aliphatic carbocycles. The molecule has 8 atom stereocenters. The molecular weight excluding hydrogens is 464 g/mol. The molecule has 2 N–H and O–H groups in total. The Morgan fingerprint density at radius 3 is 2.32 bits per heavy atom. The SMILES string of the molecule is [C-]#[N+]C1=C[C@]2(C)C3=CC(=O)[C@@H]4[C@@H]5CC(C)(C)CC[C@]5(C(=O)OC)CC[C@@]4(C)[C@]3(C)CC[C@H]2[C@](C)(N)C1=O. The van der Waals surface area contributed by atoms with Crippen molar-refractivity contribution in [1.29, 1.82) is 0 Å². The number of carbonyl (C=O) groups excluding carboxylic acids is 3. The van der Waals surface area contributed by atoms with Gasteiger partial charge in [-0.1, -0.05) is 46.3 Å². The zero-order chi connectivity index (χ0) is 27.4. The summed E-state index contributed by atoms with van der Waals surface area (Å²) in [6.45, 7) is 20.6. The first-order valence-electron chi connectivity index (χ1n) is 13.8. The van der Waals surface area contributed by atoms with Crippen LogP contribution in [0.1, 0.15) is 86.5 Å². The van der Waals surface area contributed by atoms with Crippen molar-refractivity contribution in [1.82, 2.24) is 0 Å². The molecule has 200 valence electrons. The third-order valence-corrected chi connectivity index (χ3v) is 12.2. The molecule has 5 aliphatic rings. The Labute approximate surface area is 221 Å². The van der Waals surface area contributed by atoms with Gasteiger partial charge in [-0.25, -0.2) is 4.85 Å². The summed E-state index contributed by atoms with van der Waals surface area (Å²) in [6, 6.07) is 0. The van der Waals surface area contributed by atoms with E-state index in [1.165, 1.54) is 7.11 Å². The highest BCUT2D eigenvalue weighted by Crippen LogP contribution is 2.74. The van der Waals surface area contributed by atoms with E-state index in [0.717, 1.165) is 50.5 Å². The number of methoxy groups -OCH3 is 1. The molecule has 3 saturated carbocycles. The van der Waals surface area contributed by atoms with Gasteiger partial charge in [0.15, 0.2) is 11.6 Å². The first-order valence-corrected chi connectivity index (χ1v) is 13.8. The van der Waals surface area contributed by atoms with E-state index < -0.39 is 16.4 Å². The Morgan fingerprint density at radius 2 is 1.70 bits per heavy atom. The predicted octanol–water partition coefficient (Wildman–Crippen LogP) is 5.42. The number of hydrogen-bond donors (Lipinski definition) is 1. The molecule has 37 heavy (non-hydrogen) atoms. The van der Waals surface area contributed by atoms with Gasteiger partial charge in [0.1, 0.15) is 0 Å². The van der Waals surface area contributed by atoms with E-state index in [9.17, 15) is 14.4 Å². The highest BCUT2D eigenvalue weighted by Gasteiger charge is 2.71. The van der Waals surface area contributed by atoms with Gasteiger partial charge in [0.25, 0.3) is 0 Å². The molecule has 5 rings (SSSR count). The van der Waals surface area contributed by atoms with Crippen LogP contribution in [0, 0.1) is 51.4 Å². The Hall–Kier alpha value is -2.26. The monoisotopic (exact) mass is 506 g/mol. The second kappa shape index (κ2) is 7.65. The number of Topliss-reactive ketones (excluding diaryl/α,β-unsaturated/α-hetero) is 1. The number of hydrogen-bond acceptors (Lipinski definition) is 5. The molecule has 0 unspecified atom stereocenters. The zero-order valence-electron chi connectivity index (χ0n) is 23.5. The fraction of sp³-hybridized carbons (Fsp3) is 0.742. The summed E-state index contributed by atoms with van der Waals surface area (Å²) >= 11 is 0. The Kier molecular flexibility index (Phi) is 5.45. The van der Waals surface area contributed by atoms with Crippen LogP contribution in [-0.2, 0) is 19.1 Å². The Bertz CT molecular complexity index is 1200. The molecular formula is C31H42N2O4. The maximum Gasteiger partial charge on any atom is 0.312 e. The molecule has 0 aromatic rings. The molecule has 0 heterocycles. The van der Waals surface area contributed by atoms with Gasteiger partial charge in [-0.3, -0.25) is 9.59 Å². The first-order chi connectivity index (χ1) is 17.0. The number of nitrogens with zero attached hydrogens (tertiary/aromatic N) is 1. The van der Waals surface area contributed by atoms with Gasteiger partial charge in [0.05, 0.1) is 24.6 Å². The topological polar surface area (TPSA) is 90.8 Å². The number of rotatable bonds is 1. The first kappa shape index (κ1) is 26.4. The normalized spacial score (nSPS) is 48.2. The fourth-order valence-electron chi connectivity index (χ4n) is 9.92. The number of allylic oxidation sites excluding steroid dienone is 3. The summed E-state index contributed by atoms with van der Waals surface area (Å²) in [5.41, 5.74) is 4.73. The molecule has 0 amide bonds. The van der Waals surface area contributed by atoms with Crippen LogP contribution < -0.4 is 5.73 Å². The van der Waals surface area contributed by atoms with Crippen LogP contribution in [0.2, 0.25) is 0 Å². The third-order valence-electron chi connectivity index (χ3n) is 12.2. The van der Waals surface area contributed by atoms with Crippen LogP contribution in [0.5, 0.6) is 0 Å². The second-order valence-corrected chi connectivity index (χ2v) is 14.4. The third kappa shape index (κ3) is 3.10. The lowest BCUT2D eigenvalue weighted by atomic mass is 9.34. The lowest BCUT2D eigenvalue weighted by molar-refractivity contribution is -0.190. The van der Waals surface area contributed by atoms with Crippen LogP contribution in [-0.4, -0.2) is 30.2 Å². The molecule has 0 aromatic carbocycles. The van der Waals surface area contributed by atoms with Crippen molar-refractivity contribution in [3.05, 3.63) is 34.8 Å². The lowest BCUT2D eigenvalue weighted by Gasteiger charge is -2.68. The molecule has 0 spiro atoms. The van der Waals surface area contributed by atoms with E-state index in [4.69, 9.17) is 17.0 Å². The highest BCUT2D eigenvalue weighted by molar-refractivity contribution is 6.05. The van der Waals surface area contributed by atoms with Crippen LogP contribution in [0.4, 0.5) is 0 Å². The number of ketones is 2. The molecule has 0 radical (unpaired) electrons. The van der Waals surface area contributed by atoms with E-state index >= 15 is 0 Å². The van der Waals surface area contributed by atoms with Gasteiger partial charge >= 0.3 is 5.97 Å². The fourth-order valence-corrected chi connectivity index (χ4v) is 9.92. The van der Waals surface area contributed by atoms with Crippen molar-refractivity contribution in [2.45, 2.75) is 92.0 Å². The van der Waals surface area contributed by atoms with Crippen molar-refractivity contribution in [2.24, 2.45) is 50.6 Å². The van der Waals surface area contributed by atoms with E-state index in [1.54, 1.807) is 6.92 Å². The molecule has 0 aliphatic heterocycles. The average molecular weight is 507 g/mol. The number of carbonyl (C=O) groups is 3. The minimum Gasteiger partial charge on any atom is -0.469 e. The van der Waals surface area contributed by atoms with Gasteiger partial charge in [0.2, 0.25) is 5.70 Å². The summed E-state index contributed by atoms with van der Waals surface area (Å²) in [6.07, 6.45) is 9.25. The van der Waals surface area contributed by atoms with Crippen molar-refractivity contribution in [3.63, 3.8) is 0 Å². The number of ether oxygens (including phenoxy) is 1. The number of esters is 1. The van der Waals surface area contributed by atoms with E-state index in [0.29, 0.717) is 0 Å². The van der Waals surface area contributed by atoms with Crippen LogP contribution >= 0.6 is 0 Å². The van der Waals surface area contributed by atoms with Crippen molar-refractivity contribution >= 4 is 17.5 Å². The largest absolute Gasteiger partial charge is 0.469 e. The number of fused-ring (bicyclic) bond motifs is 7. The standard InChI is InChI=1S/C31H42N2O4/c1-26(2)11-13-31(25(36)37-8)14-12-29(5)23(18(31)16-26)20(34)15-22-27(3)17-19(33-7)24(35)30(6,32)21(27)9-10-28(22,29)4/h15,17-18,21,23H,9-14,16,32H2,1-6,8H3/t18-,21+,23-,27-,28+,29+,30-,31-/m0/s1. The minimum atomic E-state index is -1.16. The average Bonchev–Trinajstić information content (AvgIpc) is 2.82. The minimum absolute atomic E-state index is 0.0492. The molecule has 0 saturated heterocycles. The van der Waals surface area contributed by atoms with Crippen LogP contribution in [0.15, 0.2) is 23.4 Å². The number of nitrogens with two attached hydrogens (primary N) is 1. The molecule has 3 fully saturated rings. The van der Waals surface area contributed by atoms with E-state index in [2.05, 4.69) is 39.5 Å². The Balaban J connectivity index is 1.71. The van der Waals surface area contributed by atoms with Crippen LogP contribution in [0.25, 0.3) is 4.85 Å². The van der Waals surface area contributed by atoms with Crippen LogP contribution in [0.3, 0.4) is 0 Å². The smallest absolute Gasteiger partial charge is 0.312 e. The maximum absolute atomic E-state index is 14.3.